The van der Waals surface area contributed by atoms with E-state index in [0.29, 0.717) is 47.1 Å². The van der Waals surface area contributed by atoms with E-state index in [0.717, 1.165) is 0 Å². The lowest BCUT2D eigenvalue weighted by Crippen LogP contribution is -2.35. The third-order valence-electron chi connectivity index (χ3n) is 5.42. The lowest BCUT2D eigenvalue weighted by Gasteiger charge is -2.28. The lowest BCUT2D eigenvalue weighted by atomic mass is 9.94. The Morgan fingerprint density at radius 1 is 1.23 bits per heavy atom. The van der Waals surface area contributed by atoms with E-state index < -0.39 is 17.7 Å². The van der Waals surface area contributed by atoms with Gasteiger partial charge in [-0.2, -0.15) is 5.10 Å². The smallest absolute Gasteiger partial charge is 0.295 e. The first kappa shape index (κ1) is 22.4. The van der Waals surface area contributed by atoms with Gasteiger partial charge in [0.15, 0.2) is 0 Å². The maximum absolute atomic E-state index is 13.1. The second kappa shape index (κ2) is 8.81. The average Bonchev–Trinajstić information content (AvgIpc) is 3.21. The van der Waals surface area contributed by atoms with E-state index in [1.54, 1.807) is 32.0 Å². The van der Waals surface area contributed by atoms with Crippen molar-refractivity contribution in [1.29, 1.82) is 0 Å². The van der Waals surface area contributed by atoms with E-state index in [4.69, 9.17) is 9.47 Å². The molecule has 0 aliphatic carbocycles. The number of hydrogen-bond donors (Lipinski definition) is 2. The number of aliphatic hydroxyl groups is 1. The normalized spacial score (nSPS) is 18.2. The molecule has 1 aromatic heterocycles. The number of aromatic amines is 1. The van der Waals surface area contributed by atoms with E-state index in [1.807, 2.05) is 19.0 Å². The van der Waals surface area contributed by atoms with E-state index in [2.05, 4.69) is 10.2 Å². The molecule has 1 amide bonds. The Morgan fingerprint density at radius 2 is 1.94 bits per heavy atom. The van der Waals surface area contributed by atoms with Crippen molar-refractivity contribution in [2.75, 3.05) is 41.4 Å². The fourth-order valence-corrected chi connectivity index (χ4v) is 3.83. The number of methoxy groups -OCH3 is 2. The molecule has 0 spiro atoms. The zero-order chi connectivity index (χ0) is 22.9. The first-order valence-corrected chi connectivity index (χ1v) is 9.88. The zero-order valence-corrected chi connectivity index (χ0v) is 18.6. The van der Waals surface area contributed by atoms with Gasteiger partial charge in [0.1, 0.15) is 17.3 Å². The molecule has 0 radical (unpaired) electrons. The number of aromatic nitrogens is 2. The van der Waals surface area contributed by atoms with Crippen molar-refractivity contribution in [1.82, 2.24) is 20.0 Å². The van der Waals surface area contributed by atoms with Crippen molar-refractivity contribution in [2.45, 2.75) is 19.9 Å². The lowest BCUT2D eigenvalue weighted by molar-refractivity contribution is -0.140. The van der Waals surface area contributed by atoms with E-state index in [1.165, 1.54) is 19.1 Å². The number of ether oxygens (including phenoxy) is 2. The number of aryl methyl sites for hydroxylation is 2. The number of carbonyl (C=O) groups excluding carboxylic acids is 2. The van der Waals surface area contributed by atoms with Crippen LogP contribution in [0.15, 0.2) is 23.8 Å². The van der Waals surface area contributed by atoms with Gasteiger partial charge in [-0.05, 0) is 46.1 Å². The maximum Gasteiger partial charge on any atom is 0.295 e. The second-order valence-electron chi connectivity index (χ2n) is 7.71. The summed E-state index contributed by atoms with van der Waals surface area (Å²) < 4.78 is 10.9. The fraction of sp³-hybridized carbons (Fsp3) is 0.409. The Labute approximate surface area is 181 Å². The van der Waals surface area contributed by atoms with E-state index in [9.17, 15) is 14.7 Å². The van der Waals surface area contributed by atoms with Crippen LogP contribution < -0.4 is 9.47 Å². The molecular weight excluding hydrogens is 400 g/mol. The number of carbonyl (C=O) groups is 2. The van der Waals surface area contributed by atoms with Gasteiger partial charge < -0.3 is 24.4 Å². The number of nitrogens with one attached hydrogen (secondary N) is 1. The zero-order valence-electron chi connectivity index (χ0n) is 18.6. The van der Waals surface area contributed by atoms with Crippen molar-refractivity contribution in [2.24, 2.45) is 0 Å². The number of ketones is 1. The maximum atomic E-state index is 13.1. The van der Waals surface area contributed by atoms with Crippen LogP contribution in [0.25, 0.3) is 5.76 Å². The molecule has 9 heteroatoms. The first-order chi connectivity index (χ1) is 14.7. The molecule has 1 saturated heterocycles. The standard InChI is InChI=1S/C22H28N4O5/c1-12-17(13(2)24-23-12)20(27)18-19(15-11-14(30-5)7-8-16(15)31-6)26(10-9-25(3)4)22(29)21(18)28/h7-8,11,19,27H,9-10H2,1-6H3,(H,23,24)/t19-/m1/s1. The minimum absolute atomic E-state index is 0.00269. The summed E-state index contributed by atoms with van der Waals surface area (Å²) in [7, 11) is 6.82. The van der Waals surface area contributed by atoms with Crippen LogP contribution in [-0.4, -0.2) is 78.2 Å². The Morgan fingerprint density at radius 3 is 2.48 bits per heavy atom. The minimum atomic E-state index is -0.835. The van der Waals surface area contributed by atoms with Gasteiger partial charge in [-0.3, -0.25) is 14.7 Å². The summed E-state index contributed by atoms with van der Waals surface area (Å²) in [6.45, 7) is 4.31. The van der Waals surface area contributed by atoms with Gasteiger partial charge in [-0.15, -0.1) is 0 Å². The van der Waals surface area contributed by atoms with Crippen LogP contribution in [0.3, 0.4) is 0 Å². The van der Waals surface area contributed by atoms with Gasteiger partial charge in [0.25, 0.3) is 11.7 Å². The molecule has 0 bridgehead atoms. The molecule has 1 aromatic carbocycles. The third kappa shape index (κ3) is 4.00. The summed E-state index contributed by atoms with van der Waals surface area (Å²) in [5.74, 6) is -0.647. The van der Waals surface area contributed by atoms with Crippen LogP contribution in [0.2, 0.25) is 0 Å². The summed E-state index contributed by atoms with van der Waals surface area (Å²) >= 11 is 0. The molecule has 3 rings (SSSR count). The van der Waals surface area contributed by atoms with Gasteiger partial charge in [-0.1, -0.05) is 0 Å². The van der Waals surface area contributed by atoms with Crippen LogP contribution in [0.5, 0.6) is 11.5 Å². The molecule has 1 fully saturated rings. The van der Waals surface area contributed by atoms with Crippen molar-refractivity contribution < 1.29 is 24.2 Å². The quantitative estimate of drug-likeness (QED) is 0.395. The Balaban J connectivity index is 2.28. The number of rotatable bonds is 7. The van der Waals surface area contributed by atoms with Gasteiger partial charge in [0.05, 0.1) is 37.1 Å². The summed E-state index contributed by atoms with van der Waals surface area (Å²) in [6.07, 6.45) is 0. The summed E-state index contributed by atoms with van der Waals surface area (Å²) in [4.78, 5) is 29.5. The number of hydrogen-bond acceptors (Lipinski definition) is 7. The highest BCUT2D eigenvalue weighted by Gasteiger charge is 2.47. The molecule has 0 saturated carbocycles. The van der Waals surface area contributed by atoms with E-state index in [-0.39, 0.29) is 11.3 Å². The Bertz CT molecular complexity index is 1020. The average molecular weight is 428 g/mol. The van der Waals surface area contributed by atoms with Gasteiger partial charge in [0, 0.05) is 24.3 Å². The number of likely N-dealkylation sites (N-methyl/N-ethyl adjacent to an activating group) is 1. The predicted molar refractivity (Wildman–Crippen MR) is 115 cm³/mol. The highest BCUT2D eigenvalue weighted by atomic mass is 16.5. The largest absolute Gasteiger partial charge is 0.507 e. The number of amides is 1. The van der Waals surface area contributed by atoms with Gasteiger partial charge in [-0.25, -0.2) is 0 Å². The van der Waals surface area contributed by atoms with Crippen LogP contribution in [-0.2, 0) is 9.59 Å². The minimum Gasteiger partial charge on any atom is -0.507 e. The molecule has 9 nitrogen and oxygen atoms in total. The first-order valence-electron chi connectivity index (χ1n) is 9.88. The van der Waals surface area contributed by atoms with Crippen LogP contribution >= 0.6 is 0 Å². The third-order valence-corrected chi connectivity index (χ3v) is 5.42. The summed E-state index contributed by atoms with van der Waals surface area (Å²) in [5, 5.41) is 18.1. The number of H-pyrrole nitrogens is 1. The van der Waals surface area contributed by atoms with Gasteiger partial charge in [0.2, 0.25) is 0 Å². The predicted octanol–water partition coefficient (Wildman–Crippen LogP) is 2.03. The van der Waals surface area contributed by atoms with Crippen molar-refractivity contribution in [3.8, 4) is 11.5 Å². The van der Waals surface area contributed by atoms with Crippen LogP contribution in [0.1, 0.15) is 28.6 Å². The number of aliphatic hydroxyl groups excluding tert-OH is 1. The van der Waals surface area contributed by atoms with Gasteiger partial charge >= 0.3 is 0 Å². The molecule has 166 valence electrons. The number of likely N-dealkylation sites (tertiary alicyclic amines) is 1. The van der Waals surface area contributed by atoms with Crippen molar-refractivity contribution >= 4 is 17.4 Å². The molecule has 1 atom stereocenters. The molecule has 0 unspecified atom stereocenters. The second-order valence-corrected chi connectivity index (χ2v) is 7.71. The topological polar surface area (TPSA) is 108 Å². The van der Waals surface area contributed by atoms with Crippen molar-refractivity contribution in [3.05, 3.63) is 46.3 Å². The molecule has 2 heterocycles. The fourth-order valence-electron chi connectivity index (χ4n) is 3.83. The Hall–Kier alpha value is -3.33. The highest BCUT2D eigenvalue weighted by molar-refractivity contribution is 6.46. The van der Waals surface area contributed by atoms with Crippen LogP contribution in [0, 0.1) is 13.8 Å². The Kier molecular flexibility index (Phi) is 6.35. The van der Waals surface area contributed by atoms with E-state index >= 15 is 0 Å². The van der Waals surface area contributed by atoms with Crippen molar-refractivity contribution in [3.63, 3.8) is 0 Å². The monoisotopic (exact) mass is 428 g/mol. The SMILES string of the molecule is COc1ccc(OC)c([C@@H]2C(=C(O)c3c(C)n[nH]c3C)C(=O)C(=O)N2CCN(C)C)c1. The highest BCUT2D eigenvalue weighted by Crippen LogP contribution is 2.44. The summed E-state index contributed by atoms with van der Waals surface area (Å²) in [6, 6.07) is 4.34. The molecule has 31 heavy (non-hydrogen) atoms. The summed E-state index contributed by atoms with van der Waals surface area (Å²) in [5.41, 5.74) is 2.11. The number of benzene rings is 1. The van der Waals surface area contributed by atoms with Crippen LogP contribution in [0.4, 0.5) is 0 Å². The number of Topliss-reactive ketones (excluding diaryl/α,β-unsaturated/α-hetero) is 1. The molecule has 2 aromatic rings. The molecule has 2 N–H and O–H groups in total. The molecule has 1 aliphatic heterocycles. The molecule has 1 aliphatic rings. The number of nitrogens with zero attached hydrogens (tertiary/aromatic N) is 3. The molecular formula is C22H28N4O5.